The van der Waals surface area contributed by atoms with Crippen molar-refractivity contribution in [2.45, 2.75) is 25.7 Å². The molecule has 0 bridgehead atoms. The summed E-state index contributed by atoms with van der Waals surface area (Å²) in [5.74, 6) is 0.674. The lowest BCUT2D eigenvalue weighted by molar-refractivity contribution is 0.418. The number of thiophene rings is 1. The minimum Gasteiger partial charge on any atom is -0.492 e. The van der Waals surface area contributed by atoms with Gasteiger partial charge in [-0.25, -0.2) is 0 Å². The van der Waals surface area contributed by atoms with Crippen molar-refractivity contribution in [3.63, 3.8) is 0 Å². The molecule has 1 aromatic heterocycles. The Labute approximate surface area is 106 Å². The van der Waals surface area contributed by atoms with Crippen molar-refractivity contribution >= 4 is 22.0 Å². The van der Waals surface area contributed by atoms with Crippen molar-refractivity contribution in [1.29, 1.82) is 5.26 Å². The fraction of sp³-hybridized carbons (Fsp3) is 0.583. The van der Waals surface area contributed by atoms with Crippen molar-refractivity contribution in [3.05, 3.63) is 4.88 Å². The first-order chi connectivity index (χ1) is 8.27. The van der Waals surface area contributed by atoms with E-state index in [4.69, 9.17) is 15.7 Å². The fourth-order valence-corrected chi connectivity index (χ4v) is 3.22. The summed E-state index contributed by atoms with van der Waals surface area (Å²) in [6.45, 7) is 2.06. The Kier molecular flexibility index (Phi) is 3.75. The monoisotopic (exact) mass is 251 g/mol. The Hall–Kier alpha value is -1.41. The van der Waals surface area contributed by atoms with Crippen LogP contribution >= 0.6 is 11.3 Å². The van der Waals surface area contributed by atoms with Crippen molar-refractivity contribution in [1.82, 2.24) is 0 Å². The van der Waals surface area contributed by atoms with E-state index < -0.39 is 0 Å². The molecule has 17 heavy (non-hydrogen) atoms. The zero-order chi connectivity index (χ0) is 12.3. The lowest BCUT2D eigenvalue weighted by Crippen LogP contribution is -2.23. The largest absolute Gasteiger partial charge is 0.492 e. The molecule has 92 valence electrons. The second kappa shape index (κ2) is 5.28. The SMILES string of the molecule is COc1c(N2CCCCCC2)sc(C#N)c1N. The zero-order valence-corrected chi connectivity index (χ0v) is 10.8. The third-order valence-corrected chi connectivity index (χ3v) is 4.23. The van der Waals surface area contributed by atoms with E-state index in [1.165, 1.54) is 37.0 Å². The van der Waals surface area contributed by atoms with Gasteiger partial charge in [-0.05, 0) is 12.8 Å². The van der Waals surface area contributed by atoms with Crippen LogP contribution in [0.2, 0.25) is 0 Å². The van der Waals surface area contributed by atoms with Crippen LogP contribution in [0.3, 0.4) is 0 Å². The molecule has 0 saturated carbocycles. The first-order valence-electron chi connectivity index (χ1n) is 5.89. The highest BCUT2D eigenvalue weighted by Gasteiger charge is 2.22. The Bertz CT molecular complexity index is 428. The standard InChI is InChI=1S/C12H17N3OS/c1-16-11-10(14)9(8-13)17-12(11)15-6-4-2-3-5-7-15/h2-7,14H2,1H3. The van der Waals surface area contributed by atoms with E-state index in [0.29, 0.717) is 16.3 Å². The first-order valence-corrected chi connectivity index (χ1v) is 6.71. The van der Waals surface area contributed by atoms with Crippen LogP contribution in [0.15, 0.2) is 0 Å². The van der Waals surface area contributed by atoms with Crippen molar-refractivity contribution in [2.75, 3.05) is 30.8 Å². The number of nitrogen functional groups attached to an aromatic ring is 1. The van der Waals surface area contributed by atoms with E-state index in [0.717, 1.165) is 18.1 Å². The molecular formula is C12H17N3OS. The summed E-state index contributed by atoms with van der Waals surface area (Å²) < 4.78 is 5.35. The predicted octanol–water partition coefficient (Wildman–Crippen LogP) is 2.59. The lowest BCUT2D eigenvalue weighted by Gasteiger charge is -2.21. The molecule has 0 atom stereocenters. The molecule has 2 N–H and O–H groups in total. The Morgan fingerprint density at radius 1 is 1.29 bits per heavy atom. The van der Waals surface area contributed by atoms with Crippen LogP contribution in [0, 0.1) is 11.3 Å². The minimum absolute atomic E-state index is 0.485. The van der Waals surface area contributed by atoms with E-state index in [1.807, 2.05) is 0 Å². The van der Waals surface area contributed by atoms with E-state index in [2.05, 4.69) is 11.0 Å². The van der Waals surface area contributed by atoms with Gasteiger partial charge in [0, 0.05) is 13.1 Å². The number of nitriles is 1. The number of methoxy groups -OCH3 is 1. The molecule has 5 heteroatoms. The molecule has 1 aliphatic heterocycles. The van der Waals surface area contributed by atoms with Gasteiger partial charge < -0.3 is 15.4 Å². The first kappa shape index (κ1) is 12.1. The quantitative estimate of drug-likeness (QED) is 0.877. The number of hydrogen-bond acceptors (Lipinski definition) is 5. The average Bonchev–Trinajstić information content (AvgIpc) is 2.55. The molecule has 0 spiro atoms. The van der Waals surface area contributed by atoms with Crippen LogP contribution in [0.25, 0.3) is 0 Å². The normalized spacial score (nSPS) is 16.4. The Morgan fingerprint density at radius 2 is 1.94 bits per heavy atom. The smallest absolute Gasteiger partial charge is 0.177 e. The summed E-state index contributed by atoms with van der Waals surface area (Å²) in [4.78, 5) is 2.86. The maximum atomic E-state index is 9.01. The topological polar surface area (TPSA) is 62.3 Å². The summed E-state index contributed by atoms with van der Waals surface area (Å²) in [6, 6.07) is 2.13. The summed E-state index contributed by atoms with van der Waals surface area (Å²) in [5, 5.41) is 10.0. The molecule has 0 radical (unpaired) electrons. The van der Waals surface area contributed by atoms with Crippen LogP contribution in [0.1, 0.15) is 30.6 Å². The number of ether oxygens (including phenoxy) is 1. The second-order valence-corrected chi connectivity index (χ2v) is 5.20. The molecule has 0 aromatic carbocycles. The number of anilines is 2. The fourth-order valence-electron chi connectivity index (χ4n) is 2.18. The molecule has 1 fully saturated rings. The molecule has 1 saturated heterocycles. The second-order valence-electron chi connectivity index (χ2n) is 4.20. The molecule has 0 aliphatic carbocycles. The molecular weight excluding hydrogens is 234 g/mol. The summed E-state index contributed by atoms with van der Waals surface area (Å²) in [6.07, 6.45) is 4.96. The van der Waals surface area contributed by atoms with Crippen molar-refractivity contribution in [3.8, 4) is 11.8 Å². The predicted molar refractivity (Wildman–Crippen MR) is 70.7 cm³/mol. The van der Waals surface area contributed by atoms with Gasteiger partial charge in [0.25, 0.3) is 0 Å². The van der Waals surface area contributed by atoms with Crippen molar-refractivity contribution in [2.24, 2.45) is 0 Å². The van der Waals surface area contributed by atoms with E-state index in [-0.39, 0.29) is 0 Å². The van der Waals surface area contributed by atoms with Crippen molar-refractivity contribution < 1.29 is 4.74 Å². The molecule has 2 rings (SSSR count). The lowest BCUT2D eigenvalue weighted by atomic mass is 10.2. The highest BCUT2D eigenvalue weighted by atomic mass is 32.1. The van der Waals surface area contributed by atoms with Gasteiger partial charge >= 0.3 is 0 Å². The van der Waals surface area contributed by atoms with Crippen LogP contribution in [-0.4, -0.2) is 20.2 Å². The zero-order valence-electron chi connectivity index (χ0n) is 10.0. The van der Waals surface area contributed by atoms with Crippen LogP contribution in [-0.2, 0) is 0 Å². The van der Waals surface area contributed by atoms with Crippen LogP contribution in [0.5, 0.6) is 5.75 Å². The molecule has 1 aliphatic rings. The Balaban J connectivity index is 2.33. The number of nitrogens with two attached hydrogens (primary N) is 1. The maximum absolute atomic E-state index is 9.01. The number of hydrogen-bond donors (Lipinski definition) is 1. The van der Waals surface area contributed by atoms with E-state index in [9.17, 15) is 0 Å². The molecule has 4 nitrogen and oxygen atoms in total. The van der Waals surface area contributed by atoms with Gasteiger partial charge in [-0.2, -0.15) is 5.26 Å². The van der Waals surface area contributed by atoms with E-state index in [1.54, 1.807) is 7.11 Å². The van der Waals surface area contributed by atoms with Gasteiger partial charge in [0.05, 0.1) is 7.11 Å². The highest BCUT2D eigenvalue weighted by Crippen LogP contribution is 2.44. The van der Waals surface area contributed by atoms with Gasteiger partial charge in [-0.1, -0.05) is 12.8 Å². The highest BCUT2D eigenvalue weighted by molar-refractivity contribution is 7.17. The van der Waals surface area contributed by atoms with Gasteiger partial charge in [-0.3, -0.25) is 0 Å². The van der Waals surface area contributed by atoms with Gasteiger partial charge in [-0.15, -0.1) is 11.3 Å². The molecule has 0 amide bonds. The number of nitrogens with zero attached hydrogens (tertiary/aromatic N) is 2. The molecule has 0 unspecified atom stereocenters. The molecule has 1 aromatic rings. The van der Waals surface area contributed by atoms with Gasteiger partial charge in [0.1, 0.15) is 21.6 Å². The van der Waals surface area contributed by atoms with Gasteiger partial charge in [0.15, 0.2) is 5.75 Å². The van der Waals surface area contributed by atoms with Crippen LogP contribution < -0.4 is 15.4 Å². The third kappa shape index (κ3) is 2.32. The van der Waals surface area contributed by atoms with Crippen LogP contribution in [0.4, 0.5) is 10.7 Å². The summed E-state index contributed by atoms with van der Waals surface area (Å²) in [5.41, 5.74) is 6.39. The van der Waals surface area contributed by atoms with E-state index >= 15 is 0 Å². The minimum atomic E-state index is 0.485. The average molecular weight is 251 g/mol. The number of rotatable bonds is 2. The summed E-state index contributed by atoms with van der Waals surface area (Å²) in [7, 11) is 1.61. The Morgan fingerprint density at radius 3 is 2.47 bits per heavy atom. The van der Waals surface area contributed by atoms with Gasteiger partial charge in [0.2, 0.25) is 0 Å². The maximum Gasteiger partial charge on any atom is 0.177 e. The molecule has 2 heterocycles. The summed E-state index contributed by atoms with van der Waals surface area (Å²) >= 11 is 1.44. The third-order valence-electron chi connectivity index (χ3n) is 3.08.